The third-order valence-corrected chi connectivity index (χ3v) is 4.36. The lowest BCUT2D eigenvalue weighted by atomic mass is 9.97. The molecule has 2 aromatic rings. The van der Waals surface area contributed by atoms with E-state index in [0.717, 1.165) is 41.1 Å². The molecule has 1 aliphatic rings. The lowest BCUT2D eigenvalue weighted by Crippen LogP contribution is -2.34. The molecule has 0 bridgehead atoms. The first kappa shape index (κ1) is 13.8. The number of aromatic nitrogens is 2. The summed E-state index contributed by atoms with van der Waals surface area (Å²) in [6.07, 6.45) is 6.22. The van der Waals surface area contributed by atoms with Gasteiger partial charge < -0.3 is 10.2 Å². The van der Waals surface area contributed by atoms with Crippen LogP contribution in [0.5, 0.6) is 0 Å². The number of nitrogens with one attached hydrogen (secondary N) is 1. The van der Waals surface area contributed by atoms with Gasteiger partial charge in [0.05, 0.1) is 11.2 Å². The fourth-order valence-electron chi connectivity index (χ4n) is 2.85. The Labute approximate surface area is 127 Å². The maximum Gasteiger partial charge on any atom is 0.112 e. The van der Waals surface area contributed by atoms with Gasteiger partial charge in [0.2, 0.25) is 0 Å². The van der Waals surface area contributed by atoms with Crippen LogP contribution in [0.2, 0.25) is 0 Å². The van der Waals surface area contributed by atoms with Gasteiger partial charge in [-0.2, -0.15) is 0 Å². The minimum Gasteiger partial charge on any atom is -0.372 e. The Bertz CT molecular complexity index is 595. The highest BCUT2D eigenvalue weighted by Gasteiger charge is 2.17. The van der Waals surface area contributed by atoms with Crippen molar-refractivity contribution in [1.29, 1.82) is 0 Å². The average molecular weight is 335 g/mol. The molecule has 0 atom stereocenters. The number of pyridine rings is 2. The van der Waals surface area contributed by atoms with Crippen LogP contribution in [-0.4, -0.2) is 36.6 Å². The van der Waals surface area contributed by atoms with Crippen LogP contribution < -0.4 is 10.2 Å². The predicted octanol–water partition coefficient (Wildman–Crippen LogP) is 2.83. The number of hydrogen-bond donors (Lipinski definition) is 1. The normalized spacial score (nSPS) is 16.5. The predicted molar refractivity (Wildman–Crippen MR) is 86.1 cm³/mol. The van der Waals surface area contributed by atoms with E-state index in [4.69, 9.17) is 0 Å². The highest BCUT2D eigenvalue weighted by Crippen LogP contribution is 2.26. The molecule has 1 aliphatic heterocycles. The van der Waals surface area contributed by atoms with Crippen LogP contribution in [0.4, 0.5) is 5.69 Å². The SMILES string of the molecule is CN(CC1CCNCC1)c1ccnc2cc(Br)cnc12. The summed E-state index contributed by atoms with van der Waals surface area (Å²) >= 11 is 3.45. The minimum absolute atomic E-state index is 0.764. The zero-order chi connectivity index (χ0) is 13.9. The van der Waals surface area contributed by atoms with E-state index in [1.54, 1.807) is 0 Å². The summed E-state index contributed by atoms with van der Waals surface area (Å²) in [5.74, 6) is 0.764. The molecule has 0 saturated carbocycles. The van der Waals surface area contributed by atoms with Crippen molar-refractivity contribution in [1.82, 2.24) is 15.3 Å². The van der Waals surface area contributed by atoms with E-state index in [1.807, 2.05) is 18.5 Å². The Balaban J connectivity index is 1.85. The molecule has 3 heterocycles. The van der Waals surface area contributed by atoms with E-state index in [1.165, 1.54) is 18.5 Å². The van der Waals surface area contributed by atoms with Crippen LogP contribution in [0.3, 0.4) is 0 Å². The summed E-state index contributed by atoms with van der Waals surface area (Å²) in [7, 11) is 2.15. The fourth-order valence-corrected chi connectivity index (χ4v) is 3.17. The fraction of sp³-hybridized carbons (Fsp3) is 0.467. The number of rotatable bonds is 3. The zero-order valence-corrected chi connectivity index (χ0v) is 13.2. The number of fused-ring (bicyclic) bond motifs is 1. The standard InChI is InChI=1S/C15H19BrN4/c1-20(10-11-2-5-17-6-3-11)14-4-7-18-13-8-12(16)9-19-15(13)14/h4,7-9,11,17H,2-3,5-6,10H2,1H3. The number of piperidine rings is 1. The Morgan fingerprint density at radius 2 is 2.15 bits per heavy atom. The van der Waals surface area contributed by atoms with Crippen molar-refractivity contribution in [3.63, 3.8) is 0 Å². The molecule has 1 N–H and O–H groups in total. The molecule has 5 heteroatoms. The van der Waals surface area contributed by atoms with Crippen LogP contribution >= 0.6 is 15.9 Å². The highest BCUT2D eigenvalue weighted by atomic mass is 79.9. The van der Waals surface area contributed by atoms with E-state index >= 15 is 0 Å². The molecule has 106 valence electrons. The molecular weight excluding hydrogens is 316 g/mol. The topological polar surface area (TPSA) is 41.0 Å². The molecule has 3 rings (SSSR count). The lowest BCUT2D eigenvalue weighted by molar-refractivity contribution is 0.378. The molecular formula is C15H19BrN4. The second-order valence-electron chi connectivity index (χ2n) is 5.43. The quantitative estimate of drug-likeness (QED) is 0.937. The van der Waals surface area contributed by atoms with E-state index in [2.05, 4.69) is 49.2 Å². The van der Waals surface area contributed by atoms with Gasteiger partial charge in [0.1, 0.15) is 5.52 Å². The van der Waals surface area contributed by atoms with Crippen LogP contribution in [0.25, 0.3) is 11.0 Å². The number of halogens is 1. The van der Waals surface area contributed by atoms with Gasteiger partial charge in [-0.25, -0.2) is 0 Å². The van der Waals surface area contributed by atoms with E-state index < -0.39 is 0 Å². The summed E-state index contributed by atoms with van der Waals surface area (Å²) in [6.45, 7) is 3.36. The third-order valence-electron chi connectivity index (χ3n) is 3.92. The minimum atomic E-state index is 0.764. The number of nitrogens with zero attached hydrogens (tertiary/aromatic N) is 3. The van der Waals surface area contributed by atoms with Gasteiger partial charge in [-0.3, -0.25) is 9.97 Å². The van der Waals surface area contributed by atoms with Gasteiger partial charge in [-0.1, -0.05) is 0 Å². The van der Waals surface area contributed by atoms with Gasteiger partial charge in [0.25, 0.3) is 0 Å². The van der Waals surface area contributed by atoms with Crippen molar-refractivity contribution in [3.8, 4) is 0 Å². The van der Waals surface area contributed by atoms with Crippen LogP contribution in [-0.2, 0) is 0 Å². The molecule has 0 aliphatic carbocycles. The first-order chi connectivity index (χ1) is 9.74. The Kier molecular flexibility index (Phi) is 4.17. The molecule has 0 amide bonds. The summed E-state index contributed by atoms with van der Waals surface area (Å²) in [4.78, 5) is 11.3. The van der Waals surface area contributed by atoms with Crippen molar-refractivity contribution in [2.24, 2.45) is 5.92 Å². The van der Waals surface area contributed by atoms with Crippen molar-refractivity contribution < 1.29 is 0 Å². The van der Waals surface area contributed by atoms with Crippen LogP contribution in [0.15, 0.2) is 29.0 Å². The van der Waals surface area contributed by atoms with Gasteiger partial charge in [-0.15, -0.1) is 0 Å². The lowest BCUT2D eigenvalue weighted by Gasteiger charge is -2.29. The third kappa shape index (κ3) is 2.94. The second-order valence-corrected chi connectivity index (χ2v) is 6.34. The average Bonchev–Trinajstić information content (AvgIpc) is 2.47. The smallest absolute Gasteiger partial charge is 0.112 e. The Morgan fingerprint density at radius 1 is 1.35 bits per heavy atom. The van der Waals surface area contributed by atoms with Gasteiger partial charge in [0.15, 0.2) is 0 Å². The van der Waals surface area contributed by atoms with Crippen molar-refractivity contribution in [2.75, 3.05) is 31.6 Å². The molecule has 1 fully saturated rings. The molecule has 0 unspecified atom stereocenters. The second kappa shape index (κ2) is 6.06. The van der Waals surface area contributed by atoms with Crippen molar-refractivity contribution in [3.05, 3.63) is 29.0 Å². The van der Waals surface area contributed by atoms with Crippen LogP contribution in [0.1, 0.15) is 12.8 Å². The molecule has 1 saturated heterocycles. The number of hydrogen-bond acceptors (Lipinski definition) is 4. The highest BCUT2D eigenvalue weighted by molar-refractivity contribution is 9.10. The zero-order valence-electron chi connectivity index (χ0n) is 11.6. The first-order valence-corrected chi connectivity index (χ1v) is 7.85. The molecule has 0 radical (unpaired) electrons. The van der Waals surface area contributed by atoms with Gasteiger partial charge in [0, 0.05) is 30.5 Å². The summed E-state index contributed by atoms with van der Waals surface area (Å²) in [5, 5.41) is 3.42. The van der Waals surface area contributed by atoms with Gasteiger partial charge in [-0.05, 0) is 59.9 Å². The van der Waals surface area contributed by atoms with E-state index in [-0.39, 0.29) is 0 Å². The molecule has 20 heavy (non-hydrogen) atoms. The molecule has 0 spiro atoms. The van der Waals surface area contributed by atoms with E-state index in [9.17, 15) is 0 Å². The van der Waals surface area contributed by atoms with Crippen LogP contribution in [0, 0.1) is 5.92 Å². The maximum atomic E-state index is 4.53. The van der Waals surface area contributed by atoms with Crippen molar-refractivity contribution in [2.45, 2.75) is 12.8 Å². The largest absolute Gasteiger partial charge is 0.372 e. The number of anilines is 1. The maximum absolute atomic E-state index is 4.53. The summed E-state index contributed by atoms with van der Waals surface area (Å²) < 4.78 is 0.968. The summed E-state index contributed by atoms with van der Waals surface area (Å²) in [6, 6.07) is 4.08. The van der Waals surface area contributed by atoms with E-state index in [0.29, 0.717) is 0 Å². The Hall–Kier alpha value is -1.20. The first-order valence-electron chi connectivity index (χ1n) is 7.06. The van der Waals surface area contributed by atoms with Crippen molar-refractivity contribution >= 4 is 32.7 Å². The monoisotopic (exact) mass is 334 g/mol. The molecule has 4 nitrogen and oxygen atoms in total. The molecule has 0 aromatic carbocycles. The summed E-state index contributed by atoms with van der Waals surface area (Å²) in [5.41, 5.74) is 3.09. The Morgan fingerprint density at radius 3 is 2.95 bits per heavy atom. The molecule has 2 aromatic heterocycles. The van der Waals surface area contributed by atoms with Gasteiger partial charge >= 0.3 is 0 Å².